The molecule has 2 aromatic carbocycles. The van der Waals surface area contributed by atoms with Crippen molar-refractivity contribution in [3.63, 3.8) is 0 Å². The summed E-state index contributed by atoms with van der Waals surface area (Å²) in [6, 6.07) is 15.2. The molecule has 0 spiro atoms. The number of aryl methyl sites for hydroxylation is 1. The van der Waals surface area contributed by atoms with E-state index >= 15 is 0 Å². The summed E-state index contributed by atoms with van der Waals surface area (Å²) < 4.78 is 22.7. The fraction of sp³-hybridized carbons (Fsp3) is 0.360. The number of hydrogen-bond donors (Lipinski definition) is 1. The van der Waals surface area contributed by atoms with Gasteiger partial charge in [0.2, 0.25) is 5.89 Å². The smallest absolute Gasteiger partial charge is 0.349 e. The third kappa shape index (κ3) is 5.68. The number of esters is 1. The van der Waals surface area contributed by atoms with Crippen molar-refractivity contribution in [2.24, 2.45) is 5.73 Å². The first-order chi connectivity index (χ1) is 15.3. The summed E-state index contributed by atoms with van der Waals surface area (Å²) in [7, 11) is 0. The van der Waals surface area contributed by atoms with E-state index in [4.69, 9.17) is 24.4 Å². The van der Waals surface area contributed by atoms with Crippen molar-refractivity contribution in [3.8, 4) is 23.0 Å². The molecule has 0 saturated carbocycles. The van der Waals surface area contributed by atoms with Crippen LogP contribution in [-0.4, -0.2) is 29.8 Å². The van der Waals surface area contributed by atoms with Crippen LogP contribution in [0.1, 0.15) is 37.8 Å². The maximum atomic E-state index is 12.1. The molecule has 7 heteroatoms. The molecule has 0 atom stereocenters. The second kappa shape index (κ2) is 10.3. The molecule has 32 heavy (non-hydrogen) atoms. The second-order valence-electron chi connectivity index (χ2n) is 7.79. The zero-order valence-corrected chi connectivity index (χ0v) is 19.0. The average Bonchev–Trinajstić information content (AvgIpc) is 3.15. The summed E-state index contributed by atoms with van der Waals surface area (Å²) in [5.41, 5.74) is 7.32. The summed E-state index contributed by atoms with van der Waals surface area (Å²) in [4.78, 5) is 16.7. The molecule has 3 aromatic rings. The van der Waals surface area contributed by atoms with Gasteiger partial charge < -0.3 is 24.4 Å². The van der Waals surface area contributed by atoms with Gasteiger partial charge in [0.05, 0.1) is 18.9 Å². The molecular weight excluding hydrogens is 408 g/mol. The monoisotopic (exact) mass is 438 g/mol. The van der Waals surface area contributed by atoms with E-state index in [2.05, 4.69) is 4.98 Å². The molecular formula is C25H30N2O5. The van der Waals surface area contributed by atoms with Gasteiger partial charge in [-0.15, -0.1) is 0 Å². The third-order valence-corrected chi connectivity index (χ3v) is 4.90. The molecule has 170 valence electrons. The van der Waals surface area contributed by atoms with Crippen LogP contribution in [0.3, 0.4) is 0 Å². The van der Waals surface area contributed by atoms with Crippen molar-refractivity contribution in [3.05, 3.63) is 65.5 Å². The van der Waals surface area contributed by atoms with Crippen LogP contribution in [-0.2, 0) is 22.5 Å². The van der Waals surface area contributed by atoms with E-state index in [9.17, 15) is 4.79 Å². The molecule has 0 saturated heterocycles. The lowest BCUT2D eigenvalue weighted by Crippen LogP contribution is -2.40. The van der Waals surface area contributed by atoms with Gasteiger partial charge >= 0.3 is 5.97 Å². The van der Waals surface area contributed by atoms with Crippen molar-refractivity contribution in [2.45, 2.75) is 46.3 Å². The maximum absolute atomic E-state index is 12.1. The fourth-order valence-corrected chi connectivity index (χ4v) is 3.16. The van der Waals surface area contributed by atoms with Gasteiger partial charge in [0.15, 0.2) is 5.60 Å². The van der Waals surface area contributed by atoms with Crippen LogP contribution >= 0.6 is 0 Å². The number of oxazole rings is 1. The Hall–Kier alpha value is -3.32. The second-order valence-corrected chi connectivity index (χ2v) is 7.79. The Morgan fingerprint density at radius 1 is 1.16 bits per heavy atom. The molecule has 3 rings (SSSR count). The number of hydrogen-bond acceptors (Lipinski definition) is 7. The Morgan fingerprint density at radius 2 is 1.91 bits per heavy atom. The van der Waals surface area contributed by atoms with Crippen LogP contribution in [0, 0.1) is 6.92 Å². The van der Waals surface area contributed by atoms with Gasteiger partial charge in [-0.3, -0.25) is 0 Å². The number of carbonyl (C=O) groups excluding carboxylic acids is 1. The minimum absolute atomic E-state index is 0.244. The summed E-state index contributed by atoms with van der Waals surface area (Å²) in [5, 5.41) is 0. The zero-order valence-electron chi connectivity index (χ0n) is 19.0. The standard InChI is InChI=1S/C25H30N2O5/c1-5-29-24(28)25(3,4)32-22-12-11-20(15-19(22)16-26)30-14-13-21-17(2)31-23(27-21)18-9-7-6-8-10-18/h6-12,15H,5,13-14,16,26H2,1-4H3. The van der Waals surface area contributed by atoms with Crippen LogP contribution in [0.25, 0.3) is 11.5 Å². The first kappa shape index (κ1) is 23.3. The van der Waals surface area contributed by atoms with Crippen LogP contribution in [0.15, 0.2) is 52.9 Å². The predicted molar refractivity (Wildman–Crippen MR) is 122 cm³/mol. The van der Waals surface area contributed by atoms with Crippen molar-refractivity contribution in [1.82, 2.24) is 4.98 Å². The minimum Gasteiger partial charge on any atom is -0.493 e. The van der Waals surface area contributed by atoms with Crippen molar-refractivity contribution < 1.29 is 23.4 Å². The highest BCUT2D eigenvalue weighted by Gasteiger charge is 2.32. The molecule has 2 N–H and O–H groups in total. The molecule has 7 nitrogen and oxygen atoms in total. The zero-order chi connectivity index (χ0) is 23.1. The number of rotatable bonds is 10. The largest absolute Gasteiger partial charge is 0.493 e. The van der Waals surface area contributed by atoms with Crippen LogP contribution < -0.4 is 15.2 Å². The van der Waals surface area contributed by atoms with Gasteiger partial charge in [0.1, 0.15) is 17.3 Å². The maximum Gasteiger partial charge on any atom is 0.349 e. The summed E-state index contributed by atoms with van der Waals surface area (Å²) in [6.07, 6.45) is 0.605. The number of benzene rings is 2. The highest BCUT2D eigenvalue weighted by Crippen LogP contribution is 2.28. The van der Waals surface area contributed by atoms with Crippen molar-refractivity contribution >= 4 is 5.97 Å². The van der Waals surface area contributed by atoms with E-state index in [0.29, 0.717) is 37.0 Å². The van der Waals surface area contributed by atoms with E-state index in [1.807, 2.05) is 43.3 Å². The fourth-order valence-electron chi connectivity index (χ4n) is 3.16. The van der Waals surface area contributed by atoms with Crippen molar-refractivity contribution in [2.75, 3.05) is 13.2 Å². The molecule has 0 bridgehead atoms. The summed E-state index contributed by atoms with van der Waals surface area (Å²) in [6.45, 7) is 7.96. The van der Waals surface area contributed by atoms with E-state index in [1.54, 1.807) is 32.9 Å². The van der Waals surface area contributed by atoms with Gasteiger partial charge in [-0.1, -0.05) is 18.2 Å². The SMILES string of the molecule is CCOC(=O)C(C)(C)Oc1ccc(OCCc2nc(-c3ccccc3)oc2C)cc1CN. The molecule has 0 fully saturated rings. The first-order valence-electron chi connectivity index (χ1n) is 10.7. The lowest BCUT2D eigenvalue weighted by molar-refractivity contribution is -0.158. The van der Waals surface area contributed by atoms with E-state index < -0.39 is 11.6 Å². The van der Waals surface area contributed by atoms with Crippen LogP contribution in [0.4, 0.5) is 0 Å². The molecule has 1 heterocycles. The van der Waals surface area contributed by atoms with Gasteiger partial charge in [-0.05, 0) is 58.0 Å². The summed E-state index contributed by atoms with van der Waals surface area (Å²) in [5.74, 6) is 2.14. The Morgan fingerprint density at radius 3 is 2.59 bits per heavy atom. The first-order valence-corrected chi connectivity index (χ1v) is 10.7. The average molecular weight is 439 g/mol. The van der Waals surface area contributed by atoms with Gasteiger partial charge in [0.25, 0.3) is 0 Å². The number of carbonyl (C=O) groups is 1. The van der Waals surface area contributed by atoms with Gasteiger partial charge in [-0.2, -0.15) is 0 Å². The third-order valence-electron chi connectivity index (χ3n) is 4.90. The molecule has 0 radical (unpaired) electrons. The molecule has 0 aliphatic heterocycles. The van der Waals surface area contributed by atoms with Gasteiger partial charge in [-0.25, -0.2) is 9.78 Å². The Balaban J connectivity index is 1.63. The number of ether oxygens (including phenoxy) is 3. The lowest BCUT2D eigenvalue weighted by atomic mass is 10.1. The number of nitrogens with two attached hydrogens (primary N) is 1. The molecule has 0 aliphatic carbocycles. The number of nitrogens with zero attached hydrogens (tertiary/aromatic N) is 1. The predicted octanol–water partition coefficient (Wildman–Crippen LogP) is 4.45. The lowest BCUT2D eigenvalue weighted by Gasteiger charge is -2.25. The minimum atomic E-state index is -1.12. The summed E-state index contributed by atoms with van der Waals surface area (Å²) >= 11 is 0. The highest BCUT2D eigenvalue weighted by atomic mass is 16.6. The quantitative estimate of drug-likeness (QED) is 0.467. The van der Waals surface area contributed by atoms with Crippen LogP contribution in [0.2, 0.25) is 0 Å². The molecule has 0 amide bonds. The normalized spacial score (nSPS) is 11.3. The van der Waals surface area contributed by atoms with Crippen LogP contribution in [0.5, 0.6) is 11.5 Å². The van der Waals surface area contributed by atoms with Gasteiger partial charge in [0, 0.05) is 24.1 Å². The van der Waals surface area contributed by atoms with E-state index in [-0.39, 0.29) is 6.54 Å². The molecule has 1 aromatic heterocycles. The van der Waals surface area contributed by atoms with Crippen molar-refractivity contribution in [1.29, 1.82) is 0 Å². The molecule has 0 aliphatic rings. The highest BCUT2D eigenvalue weighted by molar-refractivity contribution is 5.79. The topological polar surface area (TPSA) is 96.8 Å². The Kier molecular flexibility index (Phi) is 7.53. The van der Waals surface area contributed by atoms with E-state index in [0.717, 1.165) is 22.6 Å². The Labute approximate surface area is 188 Å². The van der Waals surface area contributed by atoms with E-state index in [1.165, 1.54) is 0 Å². The Bertz CT molecular complexity index is 1040. The molecule has 0 unspecified atom stereocenters. The number of aromatic nitrogens is 1.